The minimum Gasteiger partial charge on any atom is -0.487 e. The quantitative estimate of drug-likeness (QED) is 0.821. The summed E-state index contributed by atoms with van der Waals surface area (Å²) >= 11 is 1.31. The normalized spacial score (nSPS) is 10.5. The average molecular weight is 293 g/mol. The number of nitrogens with two attached hydrogens (primary N) is 1. The largest absolute Gasteiger partial charge is 0.487 e. The first-order valence-corrected chi connectivity index (χ1v) is 7.21. The van der Waals surface area contributed by atoms with Gasteiger partial charge in [-0.05, 0) is 29.6 Å². The highest BCUT2D eigenvalue weighted by Crippen LogP contribution is 2.35. The fourth-order valence-electron chi connectivity index (χ4n) is 1.89. The lowest BCUT2D eigenvalue weighted by molar-refractivity contribution is 0.184. The van der Waals surface area contributed by atoms with Crippen LogP contribution < -0.4 is 15.8 Å². The standard InChI is InChI=1S/C14H19N3O2S/c1-3-19-12-13(15)17-20-14(12)16-8-10-6-4-5-7-11(10)9-18-2/h4-7,16H,3,8-9H2,1-2H3,(H2,15,17). The van der Waals surface area contributed by atoms with E-state index in [-0.39, 0.29) is 0 Å². The molecular weight excluding hydrogens is 274 g/mol. The van der Waals surface area contributed by atoms with Crippen molar-refractivity contribution >= 4 is 22.4 Å². The smallest absolute Gasteiger partial charge is 0.197 e. The van der Waals surface area contributed by atoms with Crippen molar-refractivity contribution in [3.63, 3.8) is 0 Å². The predicted octanol–water partition coefficient (Wildman–Crippen LogP) is 2.88. The Morgan fingerprint density at radius 3 is 2.75 bits per heavy atom. The number of nitrogens with one attached hydrogen (secondary N) is 1. The molecule has 3 N–H and O–H groups in total. The molecule has 5 nitrogen and oxygen atoms in total. The molecule has 0 fully saturated rings. The number of anilines is 2. The van der Waals surface area contributed by atoms with Crippen LogP contribution in [0.2, 0.25) is 0 Å². The van der Waals surface area contributed by atoms with E-state index >= 15 is 0 Å². The van der Waals surface area contributed by atoms with Crippen molar-refractivity contribution in [1.29, 1.82) is 0 Å². The number of benzene rings is 1. The number of hydrogen-bond acceptors (Lipinski definition) is 6. The van der Waals surface area contributed by atoms with E-state index in [0.29, 0.717) is 31.3 Å². The van der Waals surface area contributed by atoms with Crippen molar-refractivity contribution in [3.05, 3.63) is 35.4 Å². The molecule has 0 aliphatic rings. The molecule has 0 aliphatic heterocycles. The number of methoxy groups -OCH3 is 1. The van der Waals surface area contributed by atoms with Crippen LogP contribution in [0.5, 0.6) is 5.75 Å². The molecule has 2 aromatic rings. The van der Waals surface area contributed by atoms with Gasteiger partial charge in [0.25, 0.3) is 0 Å². The number of ether oxygens (including phenoxy) is 2. The van der Waals surface area contributed by atoms with Crippen LogP contribution in [-0.2, 0) is 17.9 Å². The van der Waals surface area contributed by atoms with Crippen LogP contribution in [0.25, 0.3) is 0 Å². The molecule has 0 unspecified atom stereocenters. The molecule has 0 saturated carbocycles. The molecule has 0 atom stereocenters. The first-order chi connectivity index (χ1) is 9.76. The Kier molecular flexibility index (Phi) is 5.20. The van der Waals surface area contributed by atoms with Crippen LogP contribution in [-0.4, -0.2) is 18.1 Å². The third-order valence-electron chi connectivity index (χ3n) is 2.82. The van der Waals surface area contributed by atoms with Crippen LogP contribution in [0.15, 0.2) is 24.3 Å². The van der Waals surface area contributed by atoms with Crippen molar-refractivity contribution < 1.29 is 9.47 Å². The molecule has 0 spiro atoms. The summed E-state index contributed by atoms with van der Waals surface area (Å²) in [5, 5.41) is 4.19. The zero-order valence-electron chi connectivity index (χ0n) is 11.7. The summed E-state index contributed by atoms with van der Waals surface area (Å²) in [5.41, 5.74) is 8.14. The van der Waals surface area contributed by atoms with Gasteiger partial charge in [0.1, 0.15) is 0 Å². The fourth-order valence-corrected chi connectivity index (χ4v) is 2.55. The molecular formula is C14H19N3O2S. The fraction of sp³-hybridized carbons (Fsp3) is 0.357. The van der Waals surface area contributed by atoms with Crippen molar-refractivity contribution in [2.75, 3.05) is 24.8 Å². The molecule has 0 bridgehead atoms. The summed E-state index contributed by atoms with van der Waals surface area (Å²) in [4.78, 5) is 0. The van der Waals surface area contributed by atoms with Crippen LogP contribution in [0.4, 0.5) is 10.8 Å². The predicted molar refractivity (Wildman–Crippen MR) is 82.2 cm³/mol. The third kappa shape index (κ3) is 3.40. The number of aromatic nitrogens is 1. The molecule has 0 amide bonds. The Morgan fingerprint density at radius 2 is 2.05 bits per heavy atom. The molecule has 0 aliphatic carbocycles. The average Bonchev–Trinajstić information content (AvgIpc) is 2.80. The van der Waals surface area contributed by atoms with Gasteiger partial charge < -0.3 is 20.5 Å². The highest BCUT2D eigenvalue weighted by atomic mass is 32.1. The van der Waals surface area contributed by atoms with Gasteiger partial charge in [0.2, 0.25) is 0 Å². The number of hydrogen-bond donors (Lipinski definition) is 2. The molecule has 108 valence electrons. The third-order valence-corrected chi connectivity index (χ3v) is 3.62. The van der Waals surface area contributed by atoms with E-state index in [9.17, 15) is 0 Å². The molecule has 20 heavy (non-hydrogen) atoms. The summed E-state index contributed by atoms with van der Waals surface area (Å²) in [5.74, 6) is 1.08. The number of rotatable bonds is 7. The van der Waals surface area contributed by atoms with Crippen LogP contribution in [0.1, 0.15) is 18.1 Å². The molecule has 6 heteroatoms. The topological polar surface area (TPSA) is 69.4 Å². The zero-order chi connectivity index (χ0) is 14.4. The second-order valence-corrected chi connectivity index (χ2v) is 4.99. The maximum absolute atomic E-state index is 5.79. The first-order valence-electron chi connectivity index (χ1n) is 6.43. The first kappa shape index (κ1) is 14.6. The van der Waals surface area contributed by atoms with E-state index in [1.54, 1.807) is 7.11 Å². The van der Waals surface area contributed by atoms with Gasteiger partial charge in [-0.25, -0.2) is 0 Å². The lowest BCUT2D eigenvalue weighted by Crippen LogP contribution is -2.04. The van der Waals surface area contributed by atoms with Gasteiger partial charge in [-0.2, -0.15) is 4.37 Å². The molecule has 0 radical (unpaired) electrons. The minimum absolute atomic E-state index is 0.435. The van der Waals surface area contributed by atoms with Crippen molar-refractivity contribution in [3.8, 4) is 5.75 Å². The summed E-state index contributed by atoms with van der Waals surface area (Å²) in [6.07, 6.45) is 0. The van der Waals surface area contributed by atoms with E-state index in [4.69, 9.17) is 15.2 Å². The molecule has 1 aromatic carbocycles. The molecule has 1 aromatic heterocycles. The van der Waals surface area contributed by atoms with E-state index < -0.39 is 0 Å². The van der Waals surface area contributed by atoms with Crippen molar-refractivity contribution in [2.24, 2.45) is 0 Å². The second-order valence-electron chi connectivity index (χ2n) is 4.21. The van der Waals surface area contributed by atoms with E-state index in [2.05, 4.69) is 21.8 Å². The summed E-state index contributed by atoms with van der Waals surface area (Å²) in [7, 11) is 1.70. The Balaban J connectivity index is 2.09. The Morgan fingerprint density at radius 1 is 1.30 bits per heavy atom. The Hall–Kier alpha value is -1.79. The maximum Gasteiger partial charge on any atom is 0.197 e. The van der Waals surface area contributed by atoms with Gasteiger partial charge in [0.15, 0.2) is 16.6 Å². The molecule has 2 rings (SSSR count). The van der Waals surface area contributed by atoms with Crippen LogP contribution >= 0.6 is 11.5 Å². The van der Waals surface area contributed by atoms with Gasteiger partial charge in [-0.3, -0.25) is 0 Å². The van der Waals surface area contributed by atoms with Crippen molar-refractivity contribution in [2.45, 2.75) is 20.1 Å². The van der Waals surface area contributed by atoms with E-state index in [1.165, 1.54) is 17.1 Å². The van der Waals surface area contributed by atoms with Gasteiger partial charge in [0, 0.05) is 13.7 Å². The summed E-state index contributed by atoms with van der Waals surface area (Å²) < 4.78 is 14.8. The highest BCUT2D eigenvalue weighted by molar-refractivity contribution is 7.11. The highest BCUT2D eigenvalue weighted by Gasteiger charge is 2.12. The summed E-state index contributed by atoms with van der Waals surface area (Å²) in [6, 6.07) is 8.16. The van der Waals surface area contributed by atoms with E-state index in [0.717, 1.165) is 10.6 Å². The lowest BCUT2D eigenvalue weighted by atomic mass is 10.1. The number of nitrogen functional groups attached to an aromatic ring is 1. The maximum atomic E-state index is 5.79. The SMILES string of the molecule is CCOc1c(N)nsc1NCc1ccccc1COC. The van der Waals surface area contributed by atoms with E-state index in [1.807, 2.05) is 19.1 Å². The van der Waals surface area contributed by atoms with Gasteiger partial charge in [-0.1, -0.05) is 24.3 Å². The van der Waals surface area contributed by atoms with Crippen LogP contribution in [0.3, 0.4) is 0 Å². The van der Waals surface area contributed by atoms with Gasteiger partial charge in [-0.15, -0.1) is 0 Å². The second kappa shape index (κ2) is 7.12. The summed E-state index contributed by atoms with van der Waals surface area (Å²) in [6.45, 7) is 3.77. The molecule has 1 heterocycles. The van der Waals surface area contributed by atoms with Crippen molar-refractivity contribution in [1.82, 2.24) is 4.37 Å². The van der Waals surface area contributed by atoms with Gasteiger partial charge in [0.05, 0.1) is 13.2 Å². The Bertz CT molecular complexity index is 557. The van der Waals surface area contributed by atoms with Crippen LogP contribution in [0, 0.1) is 0 Å². The zero-order valence-corrected chi connectivity index (χ0v) is 12.5. The monoisotopic (exact) mass is 293 g/mol. The molecule has 0 saturated heterocycles. The van der Waals surface area contributed by atoms with Gasteiger partial charge >= 0.3 is 0 Å². The minimum atomic E-state index is 0.435. The number of nitrogens with zero attached hydrogens (tertiary/aromatic N) is 1. The lowest BCUT2D eigenvalue weighted by Gasteiger charge is -2.11. The Labute approximate surface area is 122 Å².